The fourth-order valence-corrected chi connectivity index (χ4v) is 2.00. The van der Waals surface area contributed by atoms with Gasteiger partial charge in [-0.15, -0.1) is 0 Å². The van der Waals surface area contributed by atoms with Crippen LogP contribution in [-0.2, 0) is 0 Å². The molecule has 2 N–H and O–H groups in total. The largest absolute Gasteiger partial charge is 0.316 e. The van der Waals surface area contributed by atoms with Gasteiger partial charge in [-0.1, -0.05) is 17.7 Å². The van der Waals surface area contributed by atoms with Crippen molar-refractivity contribution in [2.75, 3.05) is 5.32 Å². The van der Waals surface area contributed by atoms with E-state index >= 15 is 0 Å². The summed E-state index contributed by atoms with van der Waals surface area (Å²) < 4.78 is 1.18. The van der Waals surface area contributed by atoms with Crippen LogP contribution in [0.5, 0.6) is 0 Å². The van der Waals surface area contributed by atoms with E-state index in [2.05, 4.69) is 20.4 Å². The zero-order valence-corrected chi connectivity index (χ0v) is 11.5. The zero-order chi connectivity index (χ0) is 15.0. The summed E-state index contributed by atoms with van der Waals surface area (Å²) in [5.74, 6) is -0.0812. The number of hydrogen-bond donors (Lipinski definition) is 2. The third kappa shape index (κ3) is 2.29. The Hall–Kier alpha value is -2.96. The first kappa shape index (κ1) is 13.0. The maximum absolute atomic E-state index is 12.3. The normalized spacial score (nSPS) is 10.8. The molecule has 0 bridgehead atoms. The number of aryl methyl sites for hydroxylation is 2. The van der Waals surface area contributed by atoms with E-state index in [-0.39, 0.29) is 17.4 Å². The zero-order valence-electron chi connectivity index (χ0n) is 11.5. The number of carbonyl (C=O) groups excluding carboxylic acids is 1. The highest BCUT2D eigenvalue weighted by Gasteiger charge is 2.14. The van der Waals surface area contributed by atoms with Gasteiger partial charge in [0, 0.05) is 5.56 Å². The molecule has 21 heavy (non-hydrogen) atoms. The van der Waals surface area contributed by atoms with Crippen LogP contribution in [0.1, 0.15) is 21.6 Å². The van der Waals surface area contributed by atoms with Crippen LogP contribution in [0.4, 0.5) is 5.69 Å². The van der Waals surface area contributed by atoms with Crippen LogP contribution in [0.3, 0.4) is 0 Å². The van der Waals surface area contributed by atoms with E-state index in [1.54, 1.807) is 19.1 Å². The highest BCUT2D eigenvalue weighted by atomic mass is 16.2. The van der Waals surface area contributed by atoms with Crippen LogP contribution in [0.15, 0.2) is 35.4 Å². The van der Waals surface area contributed by atoms with E-state index in [1.807, 2.05) is 19.1 Å². The van der Waals surface area contributed by atoms with Gasteiger partial charge in [0.1, 0.15) is 12.0 Å². The Labute approximate surface area is 119 Å². The average molecular weight is 283 g/mol. The summed E-state index contributed by atoms with van der Waals surface area (Å²) in [6, 6.07) is 7.09. The van der Waals surface area contributed by atoms with Crippen molar-refractivity contribution in [1.82, 2.24) is 19.6 Å². The summed E-state index contributed by atoms with van der Waals surface area (Å²) in [5, 5.41) is 5.27. The molecule has 3 aromatic rings. The summed E-state index contributed by atoms with van der Waals surface area (Å²) in [7, 11) is 0. The second-order valence-electron chi connectivity index (χ2n) is 4.72. The van der Waals surface area contributed by atoms with Crippen molar-refractivity contribution in [2.45, 2.75) is 13.8 Å². The lowest BCUT2D eigenvalue weighted by Gasteiger charge is -2.07. The van der Waals surface area contributed by atoms with Crippen LogP contribution in [0.25, 0.3) is 5.78 Å². The molecule has 0 aliphatic carbocycles. The van der Waals surface area contributed by atoms with Crippen LogP contribution >= 0.6 is 0 Å². The first-order valence-corrected chi connectivity index (χ1v) is 6.37. The molecule has 2 aromatic heterocycles. The van der Waals surface area contributed by atoms with Crippen molar-refractivity contribution in [3.05, 3.63) is 57.8 Å². The number of benzene rings is 1. The predicted octanol–water partition coefficient (Wildman–Crippen LogP) is 1.29. The van der Waals surface area contributed by atoms with Gasteiger partial charge in [-0.2, -0.15) is 4.52 Å². The van der Waals surface area contributed by atoms with Gasteiger partial charge >= 0.3 is 0 Å². The highest BCUT2D eigenvalue weighted by molar-refractivity contribution is 6.04. The number of H-pyrrole nitrogens is 1. The summed E-state index contributed by atoms with van der Waals surface area (Å²) >= 11 is 0. The van der Waals surface area contributed by atoms with E-state index in [1.165, 1.54) is 10.8 Å². The molecule has 0 spiro atoms. The van der Waals surface area contributed by atoms with Gasteiger partial charge in [0.15, 0.2) is 0 Å². The fourth-order valence-electron chi connectivity index (χ4n) is 2.00. The number of nitrogens with zero attached hydrogens (tertiary/aromatic N) is 3. The van der Waals surface area contributed by atoms with E-state index in [9.17, 15) is 9.59 Å². The smallest absolute Gasteiger partial charge is 0.298 e. The molecule has 1 amide bonds. The topological polar surface area (TPSA) is 92.2 Å². The van der Waals surface area contributed by atoms with Crippen molar-refractivity contribution in [1.29, 1.82) is 0 Å². The van der Waals surface area contributed by atoms with Crippen molar-refractivity contribution < 1.29 is 4.79 Å². The monoisotopic (exact) mass is 283 g/mol. The SMILES string of the molecule is Cc1ccc(C(=O)Nc2c(C)nc3nc[nH]n3c2=O)cc1. The van der Waals surface area contributed by atoms with E-state index < -0.39 is 5.56 Å². The van der Waals surface area contributed by atoms with Gasteiger partial charge in [-0.05, 0) is 26.0 Å². The van der Waals surface area contributed by atoms with Gasteiger partial charge < -0.3 is 5.32 Å². The van der Waals surface area contributed by atoms with E-state index in [0.717, 1.165) is 5.56 Å². The molecule has 0 aliphatic heterocycles. The number of carbonyl (C=O) groups is 1. The molecule has 106 valence electrons. The third-order valence-electron chi connectivity index (χ3n) is 3.17. The average Bonchev–Trinajstić information content (AvgIpc) is 2.92. The minimum atomic E-state index is -0.393. The standard InChI is InChI=1S/C14H13N5O2/c1-8-3-5-10(6-4-8)12(20)18-11-9(2)17-14-15-7-16-19(14)13(11)21/h3-7H,1-2H3,(H,18,20)(H,15,16,17). The lowest BCUT2D eigenvalue weighted by molar-refractivity contribution is 0.102. The number of aromatic amines is 1. The minimum Gasteiger partial charge on any atom is -0.316 e. The Morgan fingerprint density at radius 3 is 2.67 bits per heavy atom. The molecular formula is C14H13N5O2. The van der Waals surface area contributed by atoms with Crippen molar-refractivity contribution in [2.24, 2.45) is 0 Å². The van der Waals surface area contributed by atoms with Crippen LogP contribution in [-0.4, -0.2) is 25.5 Å². The second-order valence-corrected chi connectivity index (χ2v) is 4.72. The molecule has 0 aliphatic rings. The van der Waals surface area contributed by atoms with Crippen molar-refractivity contribution >= 4 is 17.4 Å². The van der Waals surface area contributed by atoms with Gasteiger partial charge in [-0.3, -0.25) is 14.7 Å². The van der Waals surface area contributed by atoms with Crippen LogP contribution < -0.4 is 10.9 Å². The summed E-state index contributed by atoms with van der Waals surface area (Å²) in [5.41, 5.74) is 1.71. The Balaban J connectivity index is 1.99. The Morgan fingerprint density at radius 1 is 1.24 bits per heavy atom. The van der Waals surface area contributed by atoms with Gasteiger partial charge in [-0.25, -0.2) is 9.97 Å². The molecule has 1 aromatic carbocycles. The predicted molar refractivity (Wildman–Crippen MR) is 77.5 cm³/mol. The molecule has 7 nitrogen and oxygen atoms in total. The van der Waals surface area contributed by atoms with Gasteiger partial charge in [0.05, 0.1) is 5.69 Å². The molecular weight excluding hydrogens is 270 g/mol. The molecule has 0 atom stereocenters. The molecule has 0 saturated carbocycles. The van der Waals surface area contributed by atoms with Gasteiger partial charge in [0.25, 0.3) is 17.2 Å². The van der Waals surface area contributed by atoms with Gasteiger partial charge in [0.2, 0.25) is 0 Å². The van der Waals surface area contributed by atoms with Crippen LogP contribution in [0, 0.1) is 13.8 Å². The molecule has 0 fully saturated rings. The summed E-state index contributed by atoms with van der Waals surface area (Å²) in [4.78, 5) is 32.5. The number of aromatic nitrogens is 4. The highest BCUT2D eigenvalue weighted by Crippen LogP contribution is 2.10. The molecule has 0 radical (unpaired) electrons. The van der Waals surface area contributed by atoms with Crippen molar-refractivity contribution in [3.8, 4) is 0 Å². The minimum absolute atomic E-state index is 0.141. The van der Waals surface area contributed by atoms with E-state index in [4.69, 9.17) is 0 Å². The number of anilines is 1. The van der Waals surface area contributed by atoms with E-state index in [0.29, 0.717) is 11.3 Å². The fraction of sp³-hybridized carbons (Fsp3) is 0.143. The molecule has 7 heteroatoms. The van der Waals surface area contributed by atoms with Crippen molar-refractivity contribution in [3.63, 3.8) is 0 Å². The maximum Gasteiger partial charge on any atom is 0.298 e. The lowest BCUT2D eigenvalue weighted by atomic mass is 10.1. The maximum atomic E-state index is 12.3. The quantitative estimate of drug-likeness (QED) is 0.741. The molecule has 0 saturated heterocycles. The first-order chi connectivity index (χ1) is 10.1. The first-order valence-electron chi connectivity index (χ1n) is 6.37. The number of rotatable bonds is 2. The Bertz CT molecular complexity index is 877. The molecule has 2 heterocycles. The Kier molecular flexibility index (Phi) is 3.02. The van der Waals surface area contributed by atoms with Crippen LogP contribution in [0.2, 0.25) is 0 Å². The Morgan fingerprint density at radius 2 is 1.95 bits per heavy atom. The number of fused-ring (bicyclic) bond motifs is 1. The number of amides is 1. The number of hydrogen-bond acceptors (Lipinski definition) is 4. The summed E-state index contributed by atoms with van der Waals surface area (Å²) in [6.45, 7) is 3.59. The summed E-state index contributed by atoms with van der Waals surface area (Å²) in [6.07, 6.45) is 1.37. The third-order valence-corrected chi connectivity index (χ3v) is 3.17. The number of nitrogens with one attached hydrogen (secondary N) is 2. The molecule has 3 rings (SSSR count). The molecule has 0 unspecified atom stereocenters. The second kappa shape index (κ2) is 4.86. The lowest BCUT2D eigenvalue weighted by Crippen LogP contribution is -2.25.